The Morgan fingerprint density at radius 3 is 2.31 bits per heavy atom. The van der Waals surface area contributed by atoms with Crippen LogP contribution in [-0.4, -0.2) is 76.3 Å². The second-order valence-corrected chi connectivity index (χ2v) is 9.44. The smallest absolute Gasteiger partial charge is 0.475 e. The first-order valence-electron chi connectivity index (χ1n) is 12.1. The van der Waals surface area contributed by atoms with Crippen LogP contribution in [0.15, 0.2) is 57.7 Å². The molecule has 1 aliphatic heterocycles. The van der Waals surface area contributed by atoms with Crippen LogP contribution < -0.4 is 0 Å². The minimum atomic E-state index is -5.08. The second-order valence-electron chi connectivity index (χ2n) is 9.44. The number of amides is 1. The molecule has 0 unspecified atom stereocenters. The number of carboxylic acid groups (broad SMARTS) is 1. The summed E-state index contributed by atoms with van der Waals surface area (Å²) < 4.78 is 42.9. The van der Waals surface area contributed by atoms with Crippen molar-refractivity contribution >= 4 is 22.8 Å². The maximum absolute atomic E-state index is 13.1. The monoisotopic (exact) mass is 544 g/mol. The van der Waals surface area contributed by atoms with Crippen molar-refractivity contribution in [3.8, 4) is 22.8 Å². The number of carbonyl (C=O) groups excluding carboxylic acids is 1. The van der Waals surface area contributed by atoms with Gasteiger partial charge < -0.3 is 23.8 Å². The molecular weight excluding hydrogens is 517 g/mol. The Morgan fingerprint density at radius 2 is 1.72 bits per heavy atom. The number of carbonyl (C=O) groups is 2. The van der Waals surface area contributed by atoms with E-state index in [1.807, 2.05) is 42.2 Å². The van der Waals surface area contributed by atoms with Gasteiger partial charge in [-0.15, -0.1) is 0 Å². The summed E-state index contributed by atoms with van der Waals surface area (Å²) in [6.45, 7) is 3.56. The number of likely N-dealkylation sites (tertiary alicyclic amines) is 1. The molecule has 1 N–H and O–H groups in total. The number of aromatic nitrogens is 2. The molecule has 1 fully saturated rings. The van der Waals surface area contributed by atoms with Gasteiger partial charge in [0.05, 0.1) is 5.39 Å². The number of carboxylic acids is 1. The number of hydrogen-bond acceptors (Lipinski definition) is 7. The predicted octanol–water partition coefficient (Wildman–Crippen LogP) is 5.26. The fourth-order valence-electron chi connectivity index (χ4n) is 4.24. The van der Waals surface area contributed by atoms with Crippen LogP contribution in [-0.2, 0) is 4.79 Å². The number of nitrogens with zero attached hydrogens (tertiary/aromatic N) is 4. The van der Waals surface area contributed by atoms with E-state index in [9.17, 15) is 18.0 Å². The van der Waals surface area contributed by atoms with E-state index in [0.717, 1.165) is 36.9 Å². The van der Waals surface area contributed by atoms with Gasteiger partial charge in [0, 0.05) is 30.3 Å². The number of rotatable bonds is 4. The largest absolute Gasteiger partial charge is 0.490 e. The highest BCUT2D eigenvalue weighted by atomic mass is 19.4. The molecule has 1 amide bonds. The Kier molecular flexibility index (Phi) is 8.05. The Hall–Kier alpha value is -4.19. The summed E-state index contributed by atoms with van der Waals surface area (Å²) in [6.07, 6.45) is -1.53. The van der Waals surface area contributed by atoms with E-state index in [2.05, 4.69) is 29.1 Å². The molecule has 0 radical (unpaired) electrons. The Balaban J connectivity index is 0.000000448. The highest BCUT2D eigenvalue weighted by Crippen LogP contribution is 2.31. The lowest BCUT2D eigenvalue weighted by Gasteiger charge is -2.35. The van der Waals surface area contributed by atoms with Crippen molar-refractivity contribution in [2.75, 3.05) is 27.2 Å². The van der Waals surface area contributed by atoms with Crippen LogP contribution in [0.3, 0.4) is 0 Å². The molecule has 5 rings (SSSR count). The average Bonchev–Trinajstić information content (AvgIpc) is 3.55. The van der Waals surface area contributed by atoms with E-state index in [0.29, 0.717) is 34.5 Å². The molecule has 1 aliphatic rings. The van der Waals surface area contributed by atoms with Crippen molar-refractivity contribution in [2.24, 2.45) is 0 Å². The molecule has 0 bridgehead atoms. The van der Waals surface area contributed by atoms with Crippen molar-refractivity contribution in [1.82, 2.24) is 19.9 Å². The van der Waals surface area contributed by atoms with Gasteiger partial charge in [-0.25, -0.2) is 9.78 Å². The van der Waals surface area contributed by atoms with Crippen LogP contribution in [0.2, 0.25) is 0 Å². The lowest BCUT2D eigenvalue weighted by atomic mass is 10.0. The zero-order valence-corrected chi connectivity index (χ0v) is 21.5. The van der Waals surface area contributed by atoms with Gasteiger partial charge in [0.2, 0.25) is 5.89 Å². The van der Waals surface area contributed by atoms with Crippen LogP contribution in [0.1, 0.15) is 28.8 Å². The number of halogens is 3. The van der Waals surface area contributed by atoms with Crippen molar-refractivity contribution < 1.29 is 36.8 Å². The topological polar surface area (TPSA) is 113 Å². The third-order valence-electron chi connectivity index (χ3n) is 6.49. The van der Waals surface area contributed by atoms with Gasteiger partial charge in [-0.2, -0.15) is 13.2 Å². The van der Waals surface area contributed by atoms with Crippen LogP contribution in [0.25, 0.3) is 33.8 Å². The van der Waals surface area contributed by atoms with Gasteiger partial charge in [0.15, 0.2) is 5.58 Å². The third-order valence-corrected chi connectivity index (χ3v) is 6.49. The summed E-state index contributed by atoms with van der Waals surface area (Å²) >= 11 is 0. The van der Waals surface area contributed by atoms with E-state index in [4.69, 9.17) is 18.8 Å². The van der Waals surface area contributed by atoms with E-state index < -0.39 is 12.1 Å². The quantitative estimate of drug-likeness (QED) is 0.370. The first kappa shape index (κ1) is 27.8. The normalized spacial score (nSPS) is 14.4. The lowest BCUT2D eigenvalue weighted by Crippen LogP contribution is -2.44. The molecule has 0 aliphatic carbocycles. The number of aryl methyl sites for hydroxylation is 1. The van der Waals surface area contributed by atoms with E-state index in [-0.39, 0.29) is 5.91 Å². The van der Waals surface area contributed by atoms with Gasteiger partial charge in [0.1, 0.15) is 17.7 Å². The number of alkyl halides is 3. The number of hydrogen-bond donors (Lipinski definition) is 1. The fraction of sp³-hybridized carbons (Fsp3) is 0.333. The summed E-state index contributed by atoms with van der Waals surface area (Å²) in [5.74, 6) is -2.20. The van der Waals surface area contributed by atoms with Crippen LogP contribution in [0.4, 0.5) is 13.2 Å². The maximum atomic E-state index is 13.1. The molecular formula is C27H27F3N4O5. The first-order valence-corrected chi connectivity index (χ1v) is 12.1. The lowest BCUT2D eigenvalue weighted by molar-refractivity contribution is -0.192. The predicted molar refractivity (Wildman–Crippen MR) is 136 cm³/mol. The molecule has 9 nitrogen and oxygen atoms in total. The summed E-state index contributed by atoms with van der Waals surface area (Å²) in [5, 5.41) is 12.1. The molecule has 0 atom stereocenters. The second kappa shape index (κ2) is 11.3. The minimum Gasteiger partial charge on any atom is -0.475 e. The molecule has 39 heavy (non-hydrogen) atoms. The molecule has 0 spiro atoms. The first-order chi connectivity index (χ1) is 18.4. The van der Waals surface area contributed by atoms with Crippen LogP contribution in [0, 0.1) is 6.92 Å². The third kappa shape index (κ3) is 6.45. The van der Waals surface area contributed by atoms with Gasteiger partial charge in [-0.3, -0.25) is 4.79 Å². The number of piperidine rings is 1. The summed E-state index contributed by atoms with van der Waals surface area (Å²) in [6, 6.07) is 14.0. The molecule has 2 aromatic carbocycles. The average molecular weight is 545 g/mol. The summed E-state index contributed by atoms with van der Waals surface area (Å²) in [4.78, 5) is 30.8. The minimum absolute atomic E-state index is 0.0387. The number of aliphatic carboxylic acids is 1. The van der Waals surface area contributed by atoms with Gasteiger partial charge >= 0.3 is 12.1 Å². The standard InChI is InChI=1S/C25H26N4O3.C2HF3O2/c1-16-4-6-17(7-5-16)24-26-21(15-31-24)23-20-14-18(8-9-22(20)32-27-23)25(30)29-12-10-19(11-13-29)28(2)3;3-2(4,5)1(6)7/h4-9,14-15,19H,10-13H2,1-3H3;(H,6,7). The zero-order chi connectivity index (χ0) is 28.3. The van der Waals surface area contributed by atoms with Crippen molar-refractivity contribution in [1.29, 1.82) is 0 Å². The molecule has 1 saturated heterocycles. The van der Waals surface area contributed by atoms with E-state index in [1.165, 1.54) is 5.56 Å². The molecule has 3 heterocycles. The number of fused-ring (bicyclic) bond motifs is 1. The van der Waals surface area contributed by atoms with Crippen LogP contribution in [0.5, 0.6) is 0 Å². The molecule has 4 aromatic rings. The molecule has 2 aromatic heterocycles. The Morgan fingerprint density at radius 1 is 1.08 bits per heavy atom. The highest BCUT2D eigenvalue weighted by molar-refractivity contribution is 6.00. The van der Waals surface area contributed by atoms with Gasteiger partial charge in [-0.05, 0) is 64.2 Å². The summed E-state index contributed by atoms with van der Waals surface area (Å²) in [7, 11) is 4.19. The van der Waals surface area contributed by atoms with E-state index in [1.54, 1.807) is 18.4 Å². The fourth-order valence-corrected chi connectivity index (χ4v) is 4.24. The number of oxazole rings is 1. The van der Waals surface area contributed by atoms with Crippen molar-refractivity contribution in [3.63, 3.8) is 0 Å². The van der Waals surface area contributed by atoms with Gasteiger partial charge in [0.25, 0.3) is 5.91 Å². The summed E-state index contributed by atoms with van der Waals surface area (Å²) in [5.41, 5.74) is 4.46. The van der Waals surface area contributed by atoms with Crippen LogP contribution >= 0.6 is 0 Å². The molecule has 0 saturated carbocycles. The van der Waals surface area contributed by atoms with Gasteiger partial charge in [-0.1, -0.05) is 22.9 Å². The Bertz CT molecular complexity index is 1450. The van der Waals surface area contributed by atoms with E-state index >= 15 is 0 Å². The highest BCUT2D eigenvalue weighted by Gasteiger charge is 2.38. The Labute approximate surface area is 221 Å². The molecule has 206 valence electrons. The van der Waals surface area contributed by atoms with Crippen molar-refractivity contribution in [2.45, 2.75) is 32.0 Å². The maximum Gasteiger partial charge on any atom is 0.490 e. The van der Waals surface area contributed by atoms with Crippen molar-refractivity contribution in [3.05, 3.63) is 59.9 Å². The number of benzene rings is 2. The SMILES string of the molecule is Cc1ccc(-c2nc(-c3noc4ccc(C(=O)N5CCC(N(C)C)CC5)cc34)co2)cc1.O=C(O)C(F)(F)F. The molecule has 12 heteroatoms. The zero-order valence-electron chi connectivity index (χ0n) is 21.5.